The quantitative estimate of drug-likeness (QED) is 0.378. The minimum absolute atomic E-state index is 0.142. The lowest BCUT2D eigenvalue weighted by molar-refractivity contribution is -0.384. The van der Waals surface area contributed by atoms with Crippen LogP contribution >= 0.6 is 11.3 Å². The Bertz CT molecular complexity index is 1090. The molecule has 0 aliphatic carbocycles. The summed E-state index contributed by atoms with van der Waals surface area (Å²) in [5.41, 5.74) is 6.06. The summed E-state index contributed by atoms with van der Waals surface area (Å²) in [5.74, 6) is 0. The molecule has 0 spiro atoms. The molecule has 0 saturated carbocycles. The van der Waals surface area contributed by atoms with Crippen molar-refractivity contribution in [1.29, 1.82) is 0 Å². The van der Waals surface area contributed by atoms with Crippen molar-refractivity contribution in [2.45, 2.75) is 20.3 Å². The Hall–Kier alpha value is -2.66. The molecule has 0 radical (unpaired) electrons. The molecular weight excluding hydrogens is 320 g/mol. The van der Waals surface area contributed by atoms with Gasteiger partial charge in [0.2, 0.25) is 0 Å². The maximum absolute atomic E-state index is 11.0. The lowest BCUT2D eigenvalue weighted by Gasteiger charge is -2.06. The molecule has 120 valence electrons. The van der Waals surface area contributed by atoms with E-state index in [9.17, 15) is 10.1 Å². The van der Waals surface area contributed by atoms with Crippen molar-refractivity contribution in [3.05, 3.63) is 80.3 Å². The summed E-state index contributed by atoms with van der Waals surface area (Å²) in [5, 5.41) is 14.4. The van der Waals surface area contributed by atoms with Gasteiger partial charge in [0.15, 0.2) is 0 Å². The van der Waals surface area contributed by atoms with Crippen molar-refractivity contribution in [2.24, 2.45) is 0 Å². The summed E-state index contributed by atoms with van der Waals surface area (Å²) in [6.45, 7) is 4.28. The van der Waals surface area contributed by atoms with E-state index < -0.39 is 0 Å². The Morgan fingerprint density at radius 2 is 2.00 bits per heavy atom. The average Bonchev–Trinajstić information content (AvgIpc) is 3.11. The number of nitrogens with zero attached hydrogens (tertiary/aromatic N) is 2. The summed E-state index contributed by atoms with van der Waals surface area (Å²) in [6.07, 6.45) is 0.679. The number of fused-ring (bicyclic) bond motifs is 3. The zero-order valence-corrected chi connectivity index (χ0v) is 14.3. The third-order valence-corrected chi connectivity index (χ3v) is 5.50. The fourth-order valence-electron chi connectivity index (χ4n) is 3.21. The second-order valence-electron chi connectivity index (χ2n) is 6.09. The van der Waals surface area contributed by atoms with Gasteiger partial charge in [-0.2, -0.15) is 0 Å². The molecule has 0 aliphatic rings. The van der Waals surface area contributed by atoms with Crippen LogP contribution in [0.5, 0.6) is 0 Å². The summed E-state index contributed by atoms with van der Waals surface area (Å²) in [4.78, 5) is 11.9. The van der Waals surface area contributed by atoms with Gasteiger partial charge < -0.3 is 4.40 Å². The molecule has 0 fully saturated rings. The van der Waals surface area contributed by atoms with Crippen molar-refractivity contribution in [1.82, 2.24) is 4.40 Å². The molecule has 0 bridgehead atoms. The monoisotopic (exact) mass is 336 g/mol. The third-order valence-electron chi connectivity index (χ3n) is 4.57. The normalized spacial score (nSPS) is 11.4. The van der Waals surface area contributed by atoms with Gasteiger partial charge in [-0.05, 0) is 36.6 Å². The largest absolute Gasteiger partial charge is 0.304 e. The smallest absolute Gasteiger partial charge is 0.269 e. The molecule has 4 rings (SSSR count). The summed E-state index contributed by atoms with van der Waals surface area (Å²) in [7, 11) is 0. The number of nitro groups is 1. The number of thiazole rings is 1. The minimum Gasteiger partial charge on any atom is -0.304 e. The predicted octanol–water partition coefficient (Wildman–Crippen LogP) is 5.27. The van der Waals surface area contributed by atoms with Crippen LogP contribution in [0, 0.1) is 24.0 Å². The third kappa shape index (κ3) is 2.29. The first kappa shape index (κ1) is 14.9. The number of hydrogen-bond donors (Lipinski definition) is 0. The van der Waals surface area contributed by atoms with Gasteiger partial charge in [-0.15, -0.1) is 11.3 Å². The molecule has 2 aromatic carbocycles. The zero-order chi connectivity index (χ0) is 16.8. The van der Waals surface area contributed by atoms with Gasteiger partial charge in [0, 0.05) is 35.0 Å². The molecule has 0 N–H and O–H groups in total. The van der Waals surface area contributed by atoms with Crippen LogP contribution in [-0.4, -0.2) is 9.32 Å². The SMILES string of the molecule is Cc1ccc2cc3scc(Cc4cccc([N+](=O)[O-])c4)n3c2c1C. The first-order chi connectivity index (χ1) is 11.5. The Labute approximate surface area is 143 Å². The second kappa shape index (κ2) is 5.46. The molecule has 5 heteroatoms. The van der Waals surface area contributed by atoms with Gasteiger partial charge in [-0.3, -0.25) is 10.1 Å². The highest BCUT2D eigenvalue weighted by atomic mass is 32.1. The van der Waals surface area contributed by atoms with Crippen LogP contribution in [0.1, 0.15) is 22.4 Å². The summed E-state index contributed by atoms with van der Waals surface area (Å²) >= 11 is 1.71. The zero-order valence-electron chi connectivity index (χ0n) is 13.4. The Kier molecular flexibility index (Phi) is 3.39. The van der Waals surface area contributed by atoms with Gasteiger partial charge in [0.05, 0.1) is 10.4 Å². The highest BCUT2D eigenvalue weighted by Crippen LogP contribution is 2.31. The maximum atomic E-state index is 11.0. The van der Waals surface area contributed by atoms with Gasteiger partial charge in [-0.25, -0.2) is 0 Å². The van der Waals surface area contributed by atoms with E-state index >= 15 is 0 Å². The van der Waals surface area contributed by atoms with Crippen LogP contribution < -0.4 is 0 Å². The van der Waals surface area contributed by atoms with Crippen LogP contribution in [0.3, 0.4) is 0 Å². The Morgan fingerprint density at radius 1 is 1.17 bits per heavy atom. The number of benzene rings is 2. The Morgan fingerprint density at radius 3 is 2.79 bits per heavy atom. The Balaban J connectivity index is 1.87. The number of hydrogen-bond acceptors (Lipinski definition) is 3. The fourth-order valence-corrected chi connectivity index (χ4v) is 4.16. The highest BCUT2D eigenvalue weighted by molar-refractivity contribution is 7.15. The van der Waals surface area contributed by atoms with Crippen LogP contribution in [0.25, 0.3) is 15.7 Å². The van der Waals surface area contributed by atoms with Crippen molar-refractivity contribution >= 4 is 32.8 Å². The van der Waals surface area contributed by atoms with Crippen LogP contribution in [0.4, 0.5) is 5.69 Å². The standard InChI is InChI=1S/C19H16N2O2S/c1-12-6-7-15-10-18-20(19(15)13(12)2)17(11-24-18)9-14-4-3-5-16(8-14)21(22)23/h3-8,10-11H,9H2,1-2H3. The van der Waals surface area contributed by atoms with E-state index in [1.165, 1.54) is 38.6 Å². The number of aryl methyl sites for hydroxylation is 2. The van der Waals surface area contributed by atoms with Crippen molar-refractivity contribution in [3.63, 3.8) is 0 Å². The molecule has 0 aliphatic heterocycles. The molecule has 0 atom stereocenters. The molecule has 0 amide bonds. The van der Waals surface area contributed by atoms with Crippen LogP contribution in [0.15, 0.2) is 47.8 Å². The van der Waals surface area contributed by atoms with Crippen LogP contribution in [0.2, 0.25) is 0 Å². The molecule has 4 aromatic rings. The van der Waals surface area contributed by atoms with E-state index in [1.54, 1.807) is 23.5 Å². The fraction of sp³-hybridized carbons (Fsp3) is 0.158. The van der Waals surface area contributed by atoms with E-state index in [2.05, 4.69) is 41.8 Å². The number of aromatic nitrogens is 1. The molecule has 4 nitrogen and oxygen atoms in total. The van der Waals surface area contributed by atoms with Gasteiger partial charge >= 0.3 is 0 Å². The number of rotatable bonds is 3. The van der Waals surface area contributed by atoms with Gasteiger partial charge in [0.25, 0.3) is 5.69 Å². The van der Waals surface area contributed by atoms with E-state index in [0.29, 0.717) is 6.42 Å². The summed E-state index contributed by atoms with van der Waals surface area (Å²) in [6, 6.07) is 13.4. The molecule has 0 saturated heterocycles. The van der Waals surface area contributed by atoms with Crippen molar-refractivity contribution < 1.29 is 4.92 Å². The number of non-ortho nitro benzene ring substituents is 1. The lowest BCUT2D eigenvalue weighted by atomic mass is 10.1. The minimum atomic E-state index is -0.342. The first-order valence-electron chi connectivity index (χ1n) is 7.75. The predicted molar refractivity (Wildman–Crippen MR) is 98.2 cm³/mol. The first-order valence-corrected chi connectivity index (χ1v) is 8.63. The second-order valence-corrected chi connectivity index (χ2v) is 6.98. The molecule has 2 aromatic heterocycles. The molecule has 24 heavy (non-hydrogen) atoms. The van der Waals surface area contributed by atoms with Crippen molar-refractivity contribution in [2.75, 3.05) is 0 Å². The molecular formula is C19H16N2O2S. The van der Waals surface area contributed by atoms with E-state index in [-0.39, 0.29) is 10.6 Å². The average molecular weight is 336 g/mol. The van der Waals surface area contributed by atoms with E-state index in [0.717, 1.165) is 5.56 Å². The van der Waals surface area contributed by atoms with Gasteiger partial charge in [0.1, 0.15) is 4.83 Å². The van der Waals surface area contributed by atoms with E-state index in [1.807, 2.05) is 6.07 Å². The van der Waals surface area contributed by atoms with Crippen LogP contribution in [-0.2, 0) is 6.42 Å². The summed E-state index contributed by atoms with van der Waals surface area (Å²) < 4.78 is 2.29. The van der Waals surface area contributed by atoms with Crippen molar-refractivity contribution in [3.8, 4) is 0 Å². The van der Waals surface area contributed by atoms with E-state index in [4.69, 9.17) is 0 Å². The lowest BCUT2D eigenvalue weighted by Crippen LogP contribution is -1.96. The molecule has 0 unspecified atom stereocenters. The topological polar surface area (TPSA) is 47.5 Å². The van der Waals surface area contributed by atoms with Gasteiger partial charge in [-0.1, -0.05) is 24.3 Å². The maximum Gasteiger partial charge on any atom is 0.269 e. The highest BCUT2D eigenvalue weighted by Gasteiger charge is 2.13. The molecule has 2 heterocycles. The number of nitro benzene ring substituents is 1.